The van der Waals surface area contributed by atoms with Crippen LogP contribution in [0.1, 0.15) is 15.9 Å². The Morgan fingerprint density at radius 3 is 2.53 bits per heavy atom. The molecule has 170 valence electrons. The van der Waals surface area contributed by atoms with Gasteiger partial charge in [0, 0.05) is 36.3 Å². The van der Waals surface area contributed by atoms with Crippen molar-refractivity contribution in [1.29, 1.82) is 0 Å². The predicted molar refractivity (Wildman–Crippen MR) is 114 cm³/mol. The Hall–Kier alpha value is -3.25. The van der Waals surface area contributed by atoms with E-state index < -0.39 is 17.2 Å². The molecule has 0 aliphatic rings. The summed E-state index contributed by atoms with van der Waals surface area (Å²) in [7, 11) is 3.64. The number of rotatable bonds is 7. The number of hydrogen-bond acceptors (Lipinski definition) is 7. The van der Waals surface area contributed by atoms with Gasteiger partial charge in [0.05, 0.1) is 15.1 Å². The number of likely N-dealkylation sites (N-methyl/N-ethyl adjacent to an activating group) is 1. The fourth-order valence-electron chi connectivity index (χ4n) is 2.88. The third-order valence-electron chi connectivity index (χ3n) is 4.48. The van der Waals surface area contributed by atoms with E-state index in [1.807, 2.05) is 19.0 Å². The number of hydrogen-bond donors (Lipinski definition) is 0. The van der Waals surface area contributed by atoms with Crippen LogP contribution in [0.15, 0.2) is 36.4 Å². The lowest BCUT2D eigenvalue weighted by Gasteiger charge is -2.22. The van der Waals surface area contributed by atoms with E-state index in [1.165, 1.54) is 35.2 Å². The maximum Gasteiger partial charge on any atom is 0.573 e. The van der Waals surface area contributed by atoms with Crippen molar-refractivity contribution in [1.82, 2.24) is 9.88 Å². The summed E-state index contributed by atoms with van der Waals surface area (Å²) in [5, 5.41) is 11.5. The van der Waals surface area contributed by atoms with Crippen LogP contribution >= 0.6 is 11.3 Å². The van der Waals surface area contributed by atoms with Crippen LogP contribution in [-0.2, 0) is 0 Å². The summed E-state index contributed by atoms with van der Waals surface area (Å²) in [4.78, 5) is 31.6. The highest BCUT2D eigenvalue weighted by molar-refractivity contribution is 7.22. The first-order valence-electron chi connectivity index (χ1n) is 9.32. The molecule has 0 atom stereocenters. The zero-order valence-corrected chi connectivity index (χ0v) is 18.2. The number of carbonyl (C=O) groups is 1. The summed E-state index contributed by atoms with van der Waals surface area (Å²) in [5.74, 6) is -0.888. The number of carbonyl (C=O) groups excluding carboxylic acids is 1. The highest BCUT2D eigenvalue weighted by Crippen LogP contribution is 2.34. The summed E-state index contributed by atoms with van der Waals surface area (Å²) >= 11 is 1.03. The molecule has 0 unspecified atom stereocenters. The highest BCUT2D eigenvalue weighted by Gasteiger charge is 2.31. The third-order valence-corrected chi connectivity index (χ3v) is 5.52. The minimum Gasteiger partial charge on any atom is -0.406 e. The third kappa shape index (κ3) is 5.51. The number of thiazole rings is 1. The molecule has 0 spiro atoms. The van der Waals surface area contributed by atoms with Crippen molar-refractivity contribution in [2.45, 2.75) is 13.3 Å². The van der Waals surface area contributed by atoms with Gasteiger partial charge in [-0.15, -0.1) is 13.2 Å². The molecule has 0 bridgehead atoms. The van der Waals surface area contributed by atoms with Crippen molar-refractivity contribution in [2.24, 2.45) is 0 Å². The number of nitrogens with zero attached hydrogens (tertiary/aromatic N) is 4. The van der Waals surface area contributed by atoms with E-state index in [9.17, 15) is 28.1 Å². The van der Waals surface area contributed by atoms with E-state index in [0.29, 0.717) is 22.3 Å². The highest BCUT2D eigenvalue weighted by atomic mass is 32.1. The van der Waals surface area contributed by atoms with Crippen LogP contribution in [0.3, 0.4) is 0 Å². The van der Waals surface area contributed by atoms with Gasteiger partial charge in [-0.1, -0.05) is 17.4 Å². The van der Waals surface area contributed by atoms with Crippen LogP contribution in [0.5, 0.6) is 5.75 Å². The average Bonchev–Trinajstić information content (AvgIpc) is 3.09. The fraction of sp³-hybridized carbons (Fsp3) is 0.300. The molecular formula is C20H19F3N4O4S. The second-order valence-corrected chi connectivity index (χ2v) is 8.20. The number of aryl methyl sites for hydroxylation is 1. The maximum absolute atomic E-state index is 13.3. The van der Waals surface area contributed by atoms with Gasteiger partial charge in [0.1, 0.15) is 5.75 Å². The standard InChI is InChI=1S/C20H19F3N4O4S/c1-12-4-5-13(10-16(12)27(29)30)18(28)26(9-8-25(2)3)19-24-15-7-6-14(11-17(15)32-19)31-20(21,22)23/h4-7,10-11H,8-9H2,1-3H3. The number of nitro benzene ring substituents is 1. The lowest BCUT2D eigenvalue weighted by Crippen LogP contribution is -2.36. The van der Waals surface area contributed by atoms with Crippen LogP contribution in [0.4, 0.5) is 24.0 Å². The van der Waals surface area contributed by atoms with E-state index in [-0.39, 0.29) is 28.7 Å². The molecule has 1 heterocycles. The number of ether oxygens (including phenoxy) is 1. The molecule has 0 aliphatic heterocycles. The first-order valence-corrected chi connectivity index (χ1v) is 10.1. The first kappa shape index (κ1) is 23.4. The zero-order chi connectivity index (χ0) is 23.6. The Morgan fingerprint density at radius 1 is 1.19 bits per heavy atom. The van der Waals surface area contributed by atoms with Crippen molar-refractivity contribution in [3.05, 3.63) is 57.6 Å². The summed E-state index contributed by atoms with van der Waals surface area (Å²) in [6.45, 7) is 2.27. The largest absolute Gasteiger partial charge is 0.573 e. The molecule has 8 nitrogen and oxygen atoms in total. The Balaban J connectivity index is 2.00. The molecule has 2 aromatic carbocycles. The lowest BCUT2D eigenvalue weighted by atomic mass is 10.1. The van der Waals surface area contributed by atoms with Crippen LogP contribution < -0.4 is 9.64 Å². The number of anilines is 1. The van der Waals surface area contributed by atoms with E-state index in [2.05, 4.69) is 9.72 Å². The molecule has 0 saturated heterocycles. The lowest BCUT2D eigenvalue weighted by molar-refractivity contribution is -0.385. The van der Waals surface area contributed by atoms with Crippen LogP contribution in [0.2, 0.25) is 0 Å². The van der Waals surface area contributed by atoms with Gasteiger partial charge < -0.3 is 9.64 Å². The second-order valence-electron chi connectivity index (χ2n) is 7.19. The van der Waals surface area contributed by atoms with Crippen molar-refractivity contribution in [2.75, 3.05) is 32.1 Å². The van der Waals surface area contributed by atoms with E-state index in [0.717, 1.165) is 17.4 Å². The minimum atomic E-state index is -4.82. The van der Waals surface area contributed by atoms with Crippen LogP contribution in [0, 0.1) is 17.0 Å². The Bertz CT molecular complexity index is 1160. The van der Waals surface area contributed by atoms with Gasteiger partial charge in [-0.2, -0.15) is 0 Å². The summed E-state index contributed by atoms with van der Waals surface area (Å²) in [6.07, 6.45) is -4.82. The van der Waals surface area contributed by atoms with Gasteiger partial charge in [0.25, 0.3) is 11.6 Å². The summed E-state index contributed by atoms with van der Waals surface area (Å²) < 4.78 is 41.9. The zero-order valence-electron chi connectivity index (χ0n) is 17.3. The van der Waals surface area contributed by atoms with Gasteiger partial charge in [-0.25, -0.2) is 4.98 Å². The summed E-state index contributed by atoms with van der Waals surface area (Å²) in [6, 6.07) is 7.93. The number of nitro groups is 1. The number of benzene rings is 2. The monoisotopic (exact) mass is 468 g/mol. The van der Waals surface area contributed by atoms with Gasteiger partial charge >= 0.3 is 6.36 Å². The quantitative estimate of drug-likeness (QED) is 0.371. The molecule has 0 N–H and O–H groups in total. The molecule has 12 heteroatoms. The van der Waals surface area contributed by atoms with Crippen molar-refractivity contribution < 1.29 is 27.6 Å². The Kier molecular flexibility index (Phi) is 6.65. The number of aromatic nitrogens is 1. The smallest absolute Gasteiger partial charge is 0.406 e. The number of alkyl halides is 3. The molecule has 3 aromatic rings. The molecule has 3 rings (SSSR count). The molecular weight excluding hydrogens is 449 g/mol. The molecule has 0 saturated carbocycles. The van der Waals surface area contributed by atoms with Gasteiger partial charge in [0.15, 0.2) is 5.13 Å². The number of fused-ring (bicyclic) bond motifs is 1. The molecule has 1 aromatic heterocycles. The maximum atomic E-state index is 13.3. The van der Waals surface area contributed by atoms with E-state index in [1.54, 1.807) is 6.92 Å². The Morgan fingerprint density at radius 2 is 1.91 bits per heavy atom. The van der Waals surface area contributed by atoms with Gasteiger partial charge in [-0.05, 0) is 39.2 Å². The van der Waals surface area contributed by atoms with Crippen molar-refractivity contribution in [3.8, 4) is 5.75 Å². The number of amides is 1. The SMILES string of the molecule is Cc1ccc(C(=O)N(CCN(C)C)c2nc3ccc(OC(F)(F)F)cc3s2)cc1[N+](=O)[O-]. The van der Waals surface area contributed by atoms with Crippen LogP contribution in [-0.4, -0.2) is 54.3 Å². The minimum absolute atomic E-state index is 0.112. The molecule has 1 amide bonds. The van der Waals surface area contributed by atoms with Gasteiger partial charge in [-0.3, -0.25) is 19.8 Å². The molecule has 0 aliphatic carbocycles. The normalized spacial score (nSPS) is 11.7. The van der Waals surface area contributed by atoms with Crippen molar-refractivity contribution in [3.63, 3.8) is 0 Å². The average molecular weight is 468 g/mol. The van der Waals surface area contributed by atoms with Crippen molar-refractivity contribution >= 4 is 38.3 Å². The Labute approximate surface area is 185 Å². The second kappa shape index (κ2) is 9.09. The van der Waals surface area contributed by atoms with Crippen LogP contribution in [0.25, 0.3) is 10.2 Å². The predicted octanol–water partition coefficient (Wildman–Crippen LogP) is 4.62. The number of halogens is 3. The molecule has 32 heavy (non-hydrogen) atoms. The first-order chi connectivity index (χ1) is 14.9. The van der Waals surface area contributed by atoms with E-state index in [4.69, 9.17) is 0 Å². The fourth-order valence-corrected chi connectivity index (χ4v) is 3.90. The topological polar surface area (TPSA) is 88.8 Å². The van der Waals surface area contributed by atoms with E-state index >= 15 is 0 Å². The molecule has 0 fully saturated rings. The van der Waals surface area contributed by atoms with Gasteiger partial charge in [0.2, 0.25) is 0 Å². The molecule has 0 radical (unpaired) electrons. The summed E-state index contributed by atoms with van der Waals surface area (Å²) in [5.41, 5.74) is 0.753.